The summed E-state index contributed by atoms with van der Waals surface area (Å²) in [4.78, 5) is 12.2. The Kier molecular flexibility index (Phi) is 6.59. The van der Waals surface area contributed by atoms with Gasteiger partial charge in [-0.25, -0.2) is 17.5 Å². The zero-order valence-corrected chi connectivity index (χ0v) is 17.5. The quantitative estimate of drug-likeness (QED) is 0.539. The number of anilines is 1. The number of nitrogens with one attached hydrogen (secondary N) is 2. The predicted octanol–water partition coefficient (Wildman–Crippen LogP) is 2.43. The molecule has 0 spiro atoms. The van der Waals surface area contributed by atoms with E-state index in [1.807, 2.05) is 0 Å². The van der Waals surface area contributed by atoms with Gasteiger partial charge in [-0.2, -0.15) is 0 Å². The van der Waals surface area contributed by atoms with Crippen LogP contribution in [-0.2, 0) is 16.6 Å². The third kappa shape index (κ3) is 4.90. The van der Waals surface area contributed by atoms with Crippen molar-refractivity contribution in [1.29, 1.82) is 0 Å². The number of aromatic nitrogens is 2. The summed E-state index contributed by atoms with van der Waals surface area (Å²) in [5.74, 6) is -0.570. The summed E-state index contributed by atoms with van der Waals surface area (Å²) < 4.78 is 51.3. The number of sulfonamides is 1. The average molecular weight is 452 g/mol. The highest BCUT2D eigenvalue weighted by atomic mass is 32.2. The maximum atomic E-state index is 13.6. The van der Waals surface area contributed by atoms with Crippen LogP contribution in [-0.4, -0.2) is 38.7 Å². The van der Waals surface area contributed by atoms with Crippen molar-refractivity contribution in [3.63, 3.8) is 0 Å². The number of carbonyl (C=O) groups is 1. The molecule has 1 amide bonds. The van der Waals surface area contributed by atoms with Gasteiger partial charge >= 0.3 is 0 Å². The Hall–Kier alpha value is -3.09. The van der Waals surface area contributed by atoms with Crippen LogP contribution in [0.25, 0.3) is 0 Å². The Morgan fingerprint density at radius 3 is 2.53 bits per heavy atom. The van der Waals surface area contributed by atoms with E-state index in [0.29, 0.717) is 5.75 Å². The summed E-state index contributed by atoms with van der Waals surface area (Å²) in [5, 5.41) is 10.2. The van der Waals surface area contributed by atoms with Crippen molar-refractivity contribution in [2.75, 3.05) is 19.5 Å². The van der Waals surface area contributed by atoms with Crippen LogP contribution in [0.15, 0.2) is 47.4 Å². The van der Waals surface area contributed by atoms with E-state index >= 15 is 0 Å². The number of nitrogens with zero attached hydrogens (tertiary/aromatic N) is 2. The molecule has 0 aliphatic rings. The third-order valence-electron chi connectivity index (χ3n) is 3.86. The van der Waals surface area contributed by atoms with E-state index in [1.165, 1.54) is 50.6 Å². The van der Waals surface area contributed by atoms with E-state index in [-0.39, 0.29) is 32.9 Å². The number of halogens is 1. The summed E-state index contributed by atoms with van der Waals surface area (Å²) in [6, 6.07) is 9.87. The lowest BCUT2D eigenvalue weighted by atomic mass is 10.3. The van der Waals surface area contributed by atoms with E-state index in [9.17, 15) is 17.6 Å². The molecular weight excluding hydrogens is 435 g/mol. The van der Waals surface area contributed by atoms with Crippen LogP contribution in [0.4, 0.5) is 10.1 Å². The molecule has 158 valence electrons. The van der Waals surface area contributed by atoms with Crippen LogP contribution >= 0.6 is 11.3 Å². The molecule has 1 heterocycles. The number of benzene rings is 2. The molecule has 30 heavy (non-hydrogen) atoms. The molecule has 0 unspecified atom stereocenters. The Morgan fingerprint density at radius 1 is 1.10 bits per heavy atom. The van der Waals surface area contributed by atoms with E-state index in [4.69, 9.17) is 9.47 Å². The van der Waals surface area contributed by atoms with Gasteiger partial charge in [-0.1, -0.05) is 23.5 Å². The van der Waals surface area contributed by atoms with Gasteiger partial charge in [0, 0.05) is 6.07 Å². The molecule has 0 aliphatic heterocycles. The number of rotatable bonds is 8. The van der Waals surface area contributed by atoms with Gasteiger partial charge in [-0.05, 0) is 24.3 Å². The Bertz CT molecular complexity index is 1170. The average Bonchev–Trinajstić information content (AvgIpc) is 3.23. The van der Waals surface area contributed by atoms with Crippen molar-refractivity contribution in [1.82, 2.24) is 14.9 Å². The first-order valence-electron chi connectivity index (χ1n) is 8.44. The zero-order valence-electron chi connectivity index (χ0n) is 15.9. The highest BCUT2D eigenvalue weighted by molar-refractivity contribution is 7.89. The monoisotopic (exact) mass is 452 g/mol. The van der Waals surface area contributed by atoms with Gasteiger partial charge in [0.05, 0.1) is 31.3 Å². The number of ether oxygens (including phenoxy) is 2. The number of carbonyl (C=O) groups excluding carboxylic acids is 1. The van der Waals surface area contributed by atoms with Gasteiger partial charge in [-0.15, -0.1) is 10.2 Å². The van der Waals surface area contributed by atoms with Crippen molar-refractivity contribution < 1.29 is 27.1 Å². The molecular formula is C18H17FN4O5S2. The lowest BCUT2D eigenvalue weighted by molar-refractivity contribution is 0.102. The van der Waals surface area contributed by atoms with Crippen molar-refractivity contribution in [3.8, 4) is 11.5 Å². The number of methoxy groups -OCH3 is 2. The summed E-state index contributed by atoms with van der Waals surface area (Å²) in [6.45, 7) is -0.179. The minimum Gasteiger partial charge on any atom is -0.493 e. The second-order valence-corrected chi connectivity index (χ2v) is 8.61. The molecule has 1 aromatic heterocycles. The van der Waals surface area contributed by atoms with Gasteiger partial charge < -0.3 is 14.8 Å². The second-order valence-electron chi connectivity index (χ2n) is 5.78. The van der Waals surface area contributed by atoms with Gasteiger partial charge in [0.1, 0.15) is 10.8 Å². The molecule has 3 aromatic rings. The van der Waals surface area contributed by atoms with Gasteiger partial charge in [0.2, 0.25) is 15.0 Å². The molecule has 0 bridgehead atoms. The number of hydrogen-bond donors (Lipinski definition) is 2. The Labute approximate surface area is 175 Å². The van der Waals surface area contributed by atoms with Gasteiger partial charge in [-0.3, -0.25) is 4.79 Å². The fourth-order valence-electron chi connectivity index (χ4n) is 2.38. The number of amides is 1. The van der Waals surface area contributed by atoms with E-state index in [0.717, 1.165) is 11.3 Å². The molecule has 0 radical (unpaired) electrons. The summed E-state index contributed by atoms with van der Waals surface area (Å²) in [6.07, 6.45) is 0. The SMILES string of the molecule is COc1ccc(S(=O)(=O)NCc2nnc(C(=O)Nc3ccccc3F)s2)cc1OC. The fraction of sp³-hybridized carbons (Fsp3) is 0.167. The normalized spacial score (nSPS) is 11.2. The van der Waals surface area contributed by atoms with E-state index < -0.39 is 21.7 Å². The van der Waals surface area contributed by atoms with Crippen LogP contribution in [0.1, 0.15) is 14.8 Å². The molecule has 9 nitrogen and oxygen atoms in total. The summed E-state index contributed by atoms with van der Waals surface area (Å²) >= 11 is 0.887. The largest absolute Gasteiger partial charge is 0.493 e. The topological polar surface area (TPSA) is 120 Å². The first kappa shape index (κ1) is 21.6. The molecule has 0 saturated heterocycles. The minimum atomic E-state index is -3.88. The third-order valence-corrected chi connectivity index (χ3v) is 6.18. The number of hydrogen-bond acceptors (Lipinski definition) is 8. The van der Waals surface area contributed by atoms with Gasteiger partial charge in [0.15, 0.2) is 11.5 Å². The maximum absolute atomic E-state index is 13.6. The van der Waals surface area contributed by atoms with Crippen molar-refractivity contribution in [2.45, 2.75) is 11.4 Å². The van der Waals surface area contributed by atoms with Crippen LogP contribution in [0.2, 0.25) is 0 Å². The lowest BCUT2D eigenvalue weighted by Gasteiger charge is -2.10. The van der Waals surface area contributed by atoms with E-state index in [1.54, 1.807) is 6.07 Å². The molecule has 0 saturated carbocycles. The highest BCUT2D eigenvalue weighted by Gasteiger charge is 2.19. The zero-order chi connectivity index (χ0) is 21.7. The first-order valence-corrected chi connectivity index (χ1v) is 10.7. The Balaban J connectivity index is 1.67. The molecule has 0 aliphatic carbocycles. The summed E-state index contributed by atoms with van der Waals surface area (Å²) in [5.41, 5.74) is 0.00778. The first-order chi connectivity index (χ1) is 14.3. The summed E-state index contributed by atoms with van der Waals surface area (Å²) in [7, 11) is -1.03. The standard InChI is InChI=1S/C18H17FN4O5S2/c1-27-14-8-7-11(9-15(14)28-2)30(25,26)20-10-16-22-23-18(29-16)17(24)21-13-6-4-3-5-12(13)19/h3-9,20H,10H2,1-2H3,(H,21,24). The van der Waals surface area contributed by atoms with Gasteiger partial charge in [0.25, 0.3) is 5.91 Å². The maximum Gasteiger partial charge on any atom is 0.286 e. The predicted molar refractivity (Wildman–Crippen MR) is 108 cm³/mol. The van der Waals surface area contributed by atoms with Crippen LogP contribution in [0.3, 0.4) is 0 Å². The molecule has 0 fully saturated rings. The van der Waals surface area contributed by atoms with Crippen molar-refractivity contribution in [2.24, 2.45) is 0 Å². The van der Waals surface area contributed by atoms with Crippen LogP contribution in [0, 0.1) is 5.82 Å². The van der Waals surface area contributed by atoms with Crippen molar-refractivity contribution >= 4 is 33.0 Å². The van der Waals surface area contributed by atoms with Crippen LogP contribution in [0.5, 0.6) is 11.5 Å². The highest BCUT2D eigenvalue weighted by Crippen LogP contribution is 2.29. The lowest BCUT2D eigenvalue weighted by Crippen LogP contribution is -2.23. The molecule has 0 atom stereocenters. The molecule has 2 N–H and O–H groups in total. The molecule has 2 aromatic carbocycles. The Morgan fingerprint density at radius 2 is 1.83 bits per heavy atom. The van der Waals surface area contributed by atoms with Crippen molar-refractivity contribution in [3.05, 3.63) is 58.3 Å². The smallest absolute Gasteiger partial charge is 0.286 e. The molecule has 12 heteroatoms. The minimum absolute atomic E-state index is 0.00778. The fourth-order valence-corrected chi connectivity index (χ4v) is 4.15. The molecule has 3 rings (SSSR count). The second kappa shape index (κ2) is 9.15. The van der Waals surface area contributed by atoms with E-state index in [2.05, 4.69) is 20.2 Å². The van der Waals surface area contributed by atoms with Crippen LogP contribution < -0.4 is 19.5 Å². The number of para-hydroxylation sites is 1.